The molecule has 0 bridgehead atoms. The van der Waals surface area contributed by atoms with Crippen LogP contribution < -0.4 is 14.9 Å². The molecule has 0 unspecified atom stereocenters. The summed E-state index contributed by atoms with van der Waals surface area (Å²) in [5.74, 6) is -0.0362. The molecule has 126 valence electrons. The number of nitrogens with two attached hydrogens (primary N) is 1. The summed E-state index contributed by atoms with van der Waals surface area (Å²) in [6.07, 6.45) is 0. The Balaban J connectivity index is 1.84. The highest BCUT2D eigenvalue weighted by Gasteiger charge is 2.14. The van der Waals surface area contributed by atoms with Crippen molar-refractivity contribution in [1.29, 1.82) is 0 Å². The van der Waals surface area contributed by atoms with Gasteiger partial charge in [0.25, 0.3) is 0 Å². The second kappa shape index (κ2) is 5.66. The molecule has 0 atom stereocenters. The number of hydrogen-bond donors (Lipinski definition) is 1. The number of hydrogen-bond acceptors (Lipinski definition) is 7. The minimum absolute atomic E-state index is 0.0362. The van der Waals surface area contributed by atoms with Crippen LogP contribution >= 0.6 is 11.3 Å². The highest BCUT2D eigenvalue weighted by molar-refractivity contribution is 7.84. The monoisotopic (exact) mass is 374 g/mol. The Labute approximate surface area is 145 Å². The van der Waals surface area contributed by atoms with Crippen molar-refractivity contribution in [3.05, 3.63) is 59.0 Å². The lowest BCUT2D eigenvalue weighted by Gasteiger charge is -2.04. The van der Waals surface area contributed by atoms with E-state index in [4.69, 9.17) is 9.56 Å². The van der Waals surface area contributed by atoms with Gasteiger partial charge in [-0.05, 0) is 30.3 Å². The molecule has 2 heterocycles. The average Bonchev–Trinajstić information content (AvgIpc) is 2.96. The predicted octanol–water partition coefficient (Wildman–Crippen LogP) is 2.65. The standard InChI is InChI=1S/C16H10N2O5S2/c17-25(20,21)23-10-6-5-9-7-11(16(19)22-13(9)8-10)15-18-12-3-1-2-4-14(12)24-15/h1-8H,(H2,17,20,21). The van der Waals surface area contributed by atoms with Gasteiger partial charge in [0, 0.05) is 11.5 Å². The van der Waals surface area contributed by atoms with Crippen LogP contribution in [0.5, 0.6) is 5.75 Å². The van der Waals surface area contributed by atoms with E-state index in [2.05, 4.69) is 9.17 Å². The van der Waals surface area contributed by atoms with Crippen LogP contribution in [0.3, 0.4) is 0 Å². The minimum atomic E-state index is -4.15. The maximum atomic E-state index is 12.3. The molecule has 2 aromatic heterocycles. The van der Waals surface area contributed by atoms with Gasteiger partial charge in [-0.2, -0.15) is 13.6 Å². The van der Waals surface area contributed by atoms with Crippen molar-refractivity contribution < 1.29 is 17.0 Å². The number of rotatable bonds is 3. The molecule has 2 N–H and O–H groups in total. The third kappa shape index (κ3) is 3.12. The van der Waals surface area contributed by atoms with E-state index in [9.17, 15) is 13.2 Å². The molecule has 0 fully saturated rings. The fourth-order valence-corrected chi connectivity index (χ4v) is 3.76. The largest absolute Gasteiger partial charge is 0.422 e. The van der Waals surface area contributed by atoms with E-state index in [1.54, 1.807) is 12.1 Å². The molecule has 0 aliphatic rings. The number of benzene rings is 2. The number of thiazole rings is 1. The van der Waals surface area contributed by atoms with Gasteiger partial charge >= 0.3 is 15.9 Å². The fourth-order valence-electron chi connectivity index (χ4n) is 2.41. The van der Waals surface area contributed by atoms with Gasteiger partial charge in [-0.15, -0.1) is 11.3 Å². The lowest BCUT2D eigenvalue weighted by Crippen LogP contribution is -2.18. The number of para-hydroxylation sites is 1. The molecule has 2 aromatic carbocycles. The van der Waals surface area contributed by atoms with Gasteiger partial charge in [0.15, 0.2) is 0 Å². The second-order valence-corrected chi connectivity index (χ2v) is 7.39. The summed E-state index contributed by atoms with van der Waals surface area (Å²) in [5.41, 5.74) is 0.767. The molecule has 0 saturated heterocycles. The number of fused-ring (bicyclic) bond motifs is 2. The summed E-state index contributed by atoms with van der Waals surface area (Å²) in [7, 11) is -4.15. The zero-order valence-electron chi connectivity index (χ0n) is 12.5. The van der Waals surface area contributed by atoms with Crippen LogP contribution in [0, 0.1) is 0 Å². The first-order chi connectivity index (χ1) is 11.9. The summed E-state index contributed by atoms with van der Waals surface area (Å²) < 4.78 is 32.8. The zero-order valence-corrected chi connectivity index (χ0v) is 14.1. The maximum Gasteiger partial charge on any atom is 0.380 e. The SMILES string of the molecule is NS(=O)(=O)Oc1ccc2cc(-c3nc4ccccc4s3)c(=O)oc2c1. The Bertz CT molecular complexity index is 1240. The smallest absolute Gasteiger partial charge is 0.380 e. The highest BCUT2D eigenvalue weighted by atomic mass is 32.2. The normalized spacial score (nSPS) is 11.9. The highest BCUT2D eigenvalue weighted by Crippen LogP contribution is 2.30. The van der Waals surface area contributed by atoms with E-state index in [-0.39, 0.29) is 11.3 Å². The van der Waals surface area contributed by atoms with Crippen LogP contribution in [0.25, 0.3) is 31.8 Å². The molecular weight excluding hydrogens is 364 g/mol. The Hall–Kier alpha value is -2.75. The maximum absolute atomic E-state index is 12.3. The van der Waals surface area contributed by atoms with Crippen molar-refractivity contribution in [2.75, 3.05) is 0 Å². The second-order valence-electron chi connectivity index (χ2n) is 5.21. The van der Waals surface area contributed by atoms with Gasteiger partial charge in [-0.1, -0.05) is 12.1 Å². The molecule has 0 spiro atoms. The van der Waals surface area contributed by atoms with E-state index in [1.165, 1.54) is 23.5 Å². The fraction of sp³-hybridized carbons (Fsp3) is 0. The Morgan fingerprint density at radius 1 is 1.12 bits per heavy atom. The van der Waals surface area contributed by atoms with Gasteiger partial charge in [0.1, 0.15) is 16.3 Å². The topological polar surface area (TPSA) is 112 Å². The Kier molecular flexibility index (Phi) is 3.57. The molecule has 0 radical (unpaired) electrons. The summed E-state index contributed by atoms with van der Waals surface area (Å²) >= 11 is 1.39. The third-order valence-corrected chi connectivity index (χ3v) is 4.94. The van der Waals surface area contributed by atoms with Crippen LogP contribution in [-0.2, 0) is 10.3 Å². The van der Waals surface area contributed by atoms with Crippen LogP contribution in [0.1, 0.15) is 0 Å². The van der Waals surface area contributed by atoms with Crippen molar-refractivity contribution in [2.45, 2.75) is 0 Å². The molecule has 0 aliphatic carbocycles. The summed E-state index contributed by atoms with van der Waals surface area (Å²) in [6, 6.07) is 13.5. The molecule has 4 aromatic rings. The van der Waals surface area contributed by atoms with E-state index >= 15 is 0 Å². The van der Waals surface area contributed by atoms with Crippen molar-refractivity contribution in [3.63, 3.8) is 0 Å². The molecular formula is C16H10N2O5S2. The lowest BCUT2D eigenvalue weighted by molar-refractivity contribution is 0.486. The van der Waals surface area contributed by atoms with Crippen molar-refractivity contribution in [3.8, 4) is 16.3 Å². The lowest BCUT2D eigenvalue weighted by atomic mass is 10.2. The zero-order chi connectivity index (χ0) is 17.6. The van der Waals surface area contributed by atoms with Crippen molar-refractivity contribution in [1.82, 2.24) is 4.98 Å². The summed E-state index contributed by atoms with van der Waals surface area (Å²) in [4.78, 5) is 16.8. The first-order valence-electron chi connectivity index (χ1n) is 7.05. The van der Waals surface area contributed by atoms with Crippen LogP contribution in [0.2, 0.25) is 0 Å². The number of aromatic nitrogens is 1. The average molecular weight is 374 g/mol. The van der Waals surface area contributed by atoms with Crippen molar-refractivity contribution in [2.24, 2.45) is 5.14 Å². The predicted molar refractivity (Wildman–Crippen MR) is 94.8 cm³/mol. The Morgan fingerprint density at radius 3 is 2.68 bits per heavy atom. The van der Waals surface area contributed by atoms with Crippen LogP contribution in [0.4, 0.5) is 0 Å². The van der Waals surface area contributed by atoms with Crippen LogP contribution in [-0.4, -0.2) is 13.4 Å². The first kappa shape index (κ1) is 15.8. The summed E-state index contributed by atoms with van der Waals surface area (Å²) in [6.45, 7) is 0. The third-order valence-electron chi connectivity index (χ3n) is 3.44. The first-order valence-corrected chi connectivity index (χ1v) is 9.34. The van der Waals surface area contributed by atoms with Gasteiger partial charge in [-0.3, -0.25) is 0 Å². The molecule has 25 heavy (non-hydrogen) atoms. The van der Waals surface area contributed by atoms with E-state index in [1.807, 2.05) is 24.3 Å². The van der Waals surface area contributed by atoms with E-state index < -0.39 is 15.9 Å². The molecule has 0 aliphatic heterocycles. The molecule has 4 rings (SSSR count). The van der Waals surface area contributed by atoms with Crippen LogP contribution in [0.15, 0.2) is 57.7 Å². The van der Waals surface area contributed by atoms with Gasteiger partial charge < -0.3 is 8.60 Å². The molecule has 7 nitrogen and oxygen atoms in total. The number of nitrogens with zero attached hydrogens (tertiary/aromatic N) is 1. The van der Waals surface area contributed by atoms with E-state index in [0.717, 1.165) is 10.2 Å². The minimum Gasteiger partial charge on any atom is -0.422 e. The van der Waals surface area contributed by atoms with Gasteiger partial charge in [0.05, 0.1) is 15.8 Å². The molecule has 0 saturated carbocycles. The van der Waals surface area contributed by atoms with Gasteiger partial charge in [-0.25, -0.2) is 9.78 Å². The Morgan fingerprint density at radius 2 is 1.92 bits per heavy atom. The quantitative estimate of drug-likeness (QED) is 0.552. The molecule has 0 amide bonds. The van der Waals surface area contributed by atoms with E-state index in [0.29, 0.717) is 16.0 Å². The van der Waals surface area contributed by atoms with Crippen molar-refractivity contribution >= 4 is 42.8 Å². The summed E-state index contributed by atoms with van der Waals surface area (Å²) in [5, 5.41) is 5.99. The van der Waals surface area contributed by atoms with Gasteiger partial charge in [0.2, 0.25) is 0 Å². The molecule has 9 heteroatoms.